The Bertz CT molecular complexity index is 569. The fourth-order valence-electron chi connectivity index (χ4n) is 1.26. The molecule has 0 bridgehead atoms. The highest BCUT2D eigenvalue weighted by Crippen LogP contribution is 2.20. The molecule has 0 aliphatic carbocycles. The standard InChI is InChI=1S/C13H11BrN2O2S/c14-12-7-6-11(19-12)8-15-16-13(17)9-18-10-4-2-1-3-5-10/h1-8H,9H2,(H,16,17)/b15-8+. The van der Waals surface area contributed by atoms with E-state index >= 15 is 0 Å². The Kier molecular flexibility index (Phi) is 5.11. The van der Waals surface area contributed by atoms with Crippen molar-refractivity contribution in [1.82, 2.24) is 5.43 Å². The second-order valence-corrected chi connectivity index (χ2v) is 6.03. The molecule has 4 nitrogen and oxygen atoms in total. The Hall–Kier alpha value is -1.66. The minimum atomic E-state index is -0.296. The van der Waals surface area contributed by atoms with Crippen molar-refractivity contribution >= 4 is 39.4 Å². The van der Waals surface area contributed by atoms with Crippen molar-refractivity contribution in [3.05, 3.63) is 51.1 Å². The number of hydrazone groups is 1. The third-order valence-corrected chi connectivity index (χ3v) is 3.65. The molecule has 2 aromatic rings. The first-order valence-electron chi connectivity index (χ1n) is 5.49. The van der Waals surface area contributed by atoms with E-state index in [1.165, 1.54) is 11.3 Å². The lowest BCUT2D eigenvalue weighted by atomic mass is 10.3. The number of thiophene rings is 1. The van der Waals surface area contributed by atoms with Crippen LogP contribution < -0.4 is 10.2 Å². The first-order valence-corrected chi connectivity index (χ1v) is 7.10. The number of nitrogens with one attached hydrogen (secondary N) is 1. The molecule has 1 amide bonds. The molecule has 1 N–H and O–H groups in total. The Morgan fingerprint density at radius 1 is 1.32 bits per heavy atom. The number of ether oxygens (including phenoxy) is 1. The number of para-hydroxylation sites is 1. The number of hydrogen-bond donors (Lipinski definition) is 1. The topological polar surface area (TPSA) is 50.7 Å². The maximum atomic E-state index is 11.5. The van der Waals surface area contributed by atoms with Gasteiger partial charge in [0.1, 0.15) is 5.75 Å². The van der Waals surface area contributed by atoms with Gasteiger partial charge in [0.2, 0.25) is 0 Å². The van der Waals surface area contributed by atoms with Gasteiger partial charge in [-0.3, -0.25) is 4.79 Å². The Balaban J connectivity index is 1.74. The molecule has 0 radical (unpaired) electrons. The second kappa shape index (κ2) is 7.06. The number of nitrogens with zero attached hydrogens (tertiary/aromatic N) is 1. The lowest BCUT2D eigenvalue weighted by molar-refractivity contribution is -0.123. The molecule has 1 heterocycles. The van der Waals surface area contributed by atoms with Crippen molar-refractivity contribution in [1.29, 1.82) is 0 Å². The van der Waals surface area contributed by atoms with Crippen molar-refractivity contribution in [2.45, 2.75) is 0 Å². The molecule has 1 aromatic heterocycles. The van der Waals surface area contributed by atoms with Gasteiger partial charge < -0.3 is 4.74 Å². The van der Waals surface area contributed by atoms with Gasteiger partial charge in [-0.15, -0.1) is 11.3 Å². The Morgan fingerprint density at radius 2 is 2.11 bits per heavy atom. The quantitative estimate of drug-likeness (QED) is 0.672. The van der Waals surface area contributed by atoms with E-state index in [2.05, 4.69) is 26.5 Å². The number of carbonyl (C=O) groups excluding carboxylic acids is 1. The summed E-state index contributed by atoms with van der Waals surface area (Å²) in [5.74, 6) is 0.361. The molecule has 6 heteroatoms. The summed E-state index contributed by atoms with van der Waals surface area (Å²) >= 11 is 4.89. The molecular formula is C13H11BrN2O2S. The fourth-order valence-corrected chi connectivity index (χ4v) is 2.56. The van der Waals surface area contributed by atoms with Crippen LogP contribution in [0.1, 0.15) is 4.88 Å². The minimum Gasteiger partial charge on any atom is -0.484 e. The molecule has 98 valence electrons. The van der Waals surface area contributed by atoms with Crippen LogP contribution in [0.5, 0.6) is 5.75 Å². The van der Waals surface area contributed by atoms with Gasteiger partial charge in [0.25, 0.3) is 5.91 Å². The van der Waals surface area contributed by atoms with E-state index in [-0.39, 0.29) is 12.5 Å². The SMILES string of the molecule is O=C(COc1ccccc1)N/N=C/c1ccc(Br)s1. The van der Waals surface area contributed by atoms with E-state index in [0.29, 0.717) is 5.75 Å². The van der Waals surface area contributed by atoms with Gasteiger partial charge in [0.05, 0.1) is 10.0 Å². The summed E-state index contributed by atoms with van der Waals surface area (Å²) in [7, 11) is 0. The summed E-state index contributed by atoms with van der Waals surface area (Å²) in [5.41, 5.74) is 2.41. The minimum absolute atomic E-state index is 0.0600. The monoisotopic (exact) mass is 338 g/mol. The normalized spacial score (nSPS) is 10.6. The van der Waals surface area contributed by atoms with Crippen molar-refractivity contribution in [3.8, 4) is 5.75 Å². The average Bonchev–Trinajstić information content (AvgIpc) is 2.83. The maximum Gasteiger partial charge on any atom is 0.277 e. The van der Waals surface area contributed by atoms with Crippen LogP contribution in [0.25, 0.3) is 0 Å². The van der Waals surface area contributed by atoms with Crippen LogP contribution in [0, 0.1) is 0 Å². The molecule has 0 unspecified atom stereocenters. The predicted molar refractivity (Wildman–Crippen MR) is 79.7 cm³/mol. The van der Waals surface area contributed by atoms with Gasteiger partial charge in [0.15, 0.2) is 6.61 Å². The van der Waals surface area contributed by atoms with Gasteiger partial charge in [-0.05, 0) is 40.2 Å². The number of amides is 1. The summed E-state index contributed by atoms with van der Waals surface area (Å²) in [4.78, 5) is 12.4. The van der Waals surface area contributed by atoms with E-state index in [4.69, 9.17) is 4.74 Å². The molecule has 0 saturated heterocycles. The van der Waals surface area contributed by atoms with E-state index in [1.807, 2.05) is 30.3 Å². The van der Waals surface area contributed by atoms with Crippen molar-refractivity contribution < 1.29 is 9.53 Å². The second-order valence-electron chi connectivity index (χ2n) is 3.54. The van der Waals surface area contributed by atoms with E-state index < -0.39 is 0 Å². The molecule has 0 aliphatic heterocycles. The first kappa shape index (κ1) is 13.8. The zero-order valence-electron chi connectivity index (χ0n) is 9.88. The summed E-state index contributed by atoms with van der Waals surface area (Å²) in [5, 5.41) is 3.85. The number of benzene rings is 1. The van der Waals surface area contributed by atoms with Crippen LogP contribution in [0.15, 0.2) is 51.4 Å². The smallest absolute Gasteiger partial charge is 0.277 e. The van der Waals surface area contributed by atoms with Crippen LogP contribution >= 0.6 is 27.3 Å². The third kappa shape index (κ3) is 4.84. The molecule has 19 heavy (non-hydrogen) atoms. The lowest BCUT2D eigenvalue weighted by Crippen LogP contribution is -2.24. The number of halogens is 1. The highest BCUT2D eigenvalue weighted by Gasteiger charge is 2.00. The van der Waals surface area contributed by atoms with Crippen molar-refractivity contribution in [3.63, 3.8) is 0 Å². The van der Waals surface area contributed by atoms with Gasteiger partial charge in [-0.1, -0.05) is 18.2 Å². The third-order valence-electron chi connectivity index (χ3n) is 2.09. The van der Waals surface area contributed by atoms with Gasteiger partial charge in [0, 0.05) is 4.88 Å². The maximum absolute atomic E-state index is 11.5. The molecule has 0 aliphatic rings. The highest BCUT2D eigenvalue weighted by atomic mass is 79.9. The van der Waals surface area contributed by atoms with Crippen LogP contribution in [0.3, 0.4) is 0 Å². The van der Waals surface area contributed by atoms with E-state index in [1.54, 1.807) is 18.3 Å². The zero-order chi connectivity index (χ0) is 13.5. The number of carbonyl (C=O) groups is 1. The fraction of sp³-hybridized carbons (Fsp3) is 0.0769. The highest BCUT2D eigenvalue weighted by molar-refractivity contribution is 9.11. The van der Waals surface area contributed by atoms with Crippen LogP contribution in [-0.2, 0) is 4.79 Å². The largest absolute Gasteiger partial charge is 0.484 e. The Labute approximate surface area is 123 Å². The van der Waals surface area contributed by atoms with Gasteiger partial charge in [-0.25, -0.2) is 5.43 Å². The van der Waals surface area contributed by atoms with Gasteiger partial charge >= 0.3 is 0 Å². The molecular weight excluding hydrogens is 328 g/mol. The van der Waals surface area contributed by atoms with E-state index in [9.17, 15) is 4.79 Å². The van der Waals surface area contributed by atoms with Crippen LogP contribution in [-0.4, -0.2) is 18.7 Å². The molecule has 0 fully saturated rings. The predicted octanol–water partition coefficient (Wildman–Crippen LogP) is 3.04. The molecule has 1 aromatic carbocycles. The summed E-state index contributed by atoms with van der Waals surface area (Å²) in [6.45, 7) is -0.0600. The summed E-state index contributed by atoms with van der Waals surface area (Å²) in [6.07, 6.45) is 1.59. The Morgan fingerprint density at radius 3 is 2.79 bits per heavy atom. The van der Waals surface area contributed by atoms with Crippen molar-refractivity contribution in [2.24, 2.45) is 5.10 Å². The number of hydrogen-bond acceptors (Lipinski definition) is 4. The zero-order valence-corrected chi connectivity index (χ0v) is 12.3. The molecule has 0 spiro atoms. The van der Waals surface area contributed by atoms with Crippen LogP contribution in [0.2, 0.25) is 0 Å². The van der Waals surface area contributed by atoms with Gasteiger partial charge in [-0.2, -0.15) is 5.10 Å². The molecule has 2 rings (SSSR count). The summed E-state index contributed by atoms with van der Waals surface area (Å²) < 4.78 is 6.30. The molecule has 0 saturated carbocycles. The van der Waals surface area contributed by atoms with Crippen molar-refractivity contribution in [2.75, 3.05) is 6.61 Å². The first-order chi connectivity index (χ1) is 9.24. The van der Waals surface area contributed by atoms with E-state index in [0.717, 1.165) is 8.66 Å². The lowest BCUT2D eigenvalue weighted by Gasteiger charge is -2.03. The van der Waals surface area contributed by atoms with Crippen LogP contribution in [0.4, 0.5) is 0 Å². The number of rotatable bonds is 5. The average molecular weight is 339 g/mol. The summed E-state index contributed by atoms with van der Waals surface area (Å²) in [6, 6.07) is 13.0. The molecule has 0 atom stereocenters.